The summed E-state index contributed by atoms with van der Waals surface area (Å²) in [4.78, 5) is 16.7. The number of H-pyrrole nitrogens is 1. The maximum atomic E-state index is 12.3. The third-order valence-corrected chi connectivity index (χ3v) is 4.94. The molecule has 0 bridgehead atoms. The van der Waals surface area contributed by atoms with Gasteiger partial charge in [-0.2, -0.15) is 5.10 Å². The van der Waals surface area contributed by atoms with Crippen molar-refractivity contribution < 1.29 is 4.79 Å². The number of hydrogen-bond acceptors (Lipinski definition) is 3. The van der Waals surface area contributed by atoms with Crippen molar-refractivity contribution in [1.82, 2.24) is 15.1 Å². The highest BCUT2D eigenvalue weighted by molar-refractivity contribution is 7.12. The summed E-state index contributed by atoms with van der Waals surface area (Å²) in [6.45, 7) is 5.81. The number of thiophene rings is 1. The van der Waals surface area contributed by atoms with Gasteiger partial charge >= 0.3 is 0 Å². The number of amides is 1. The zero-order valence-corrected chi connectivity index (χ0v) is 12.7. The molecule has 1 aliphatic heterocycles. The van der Waals surface area contributed by atoms with E-state index in [1.54, 1.807) is 11.3 Å². The van der Waals surface area contributed by atoms with Crippen molar-refractivity contribution in [2.45, 2.75) is 32.6 Å². The summed E-state index contributed by atoms with van der Waals surface area (Å²) in [5, 5.41) is 7.15. The molecule has 20 heavy (non-hydrogen) atoms. The van der Waals surface area contributed by atoms with E-state index in [1.807, 2.05) is 11.1 Å². The molecule has 1 fully saturated rings. The summed E-state index contributed by atoms with van der Waals surface area (Å²) in [6, 6.07) is 4.14. The van der Waals surface area contributed by atoms with Gasteiger partial charge in [-0.25, -0.2) is 0 Å². The Balaban J connectivity index is 1.62. The van der Waals surface area contributed by atoms with Crippen LogP contribution in [-0.2, 0) is 11.2 Å². The lowest BCUT2D eigenvalue weighted by Crippen LogP contribution is -2.29. The number of nitrogens with zero attached hydrogens (tertiary/aromatic N) is 2. The fourth-order valence-electron chi connectivity index (χ4n) is 2.83. The van der Waals surface area contributed by atoms with E-state index < -0.39 is 0 Å². The van der Waals surface area contributed by atoms with Crippen molar-refractivity contribution >= 4 is 17.2 Å². The van der Waals surface area contributed by atoms with Crippen LogP contribution in [-0.4, -0.2) is 34.1 Å². The largest absolute Gasteiger partial charge is 0.342 e. The Morgan fingerprint density at radius 1 is 1.50 bits per heavy atom. The van der Waals surface area contributed by atoms with Gasteiger partial charge in [0.15, 0.2) is 0 Å². The molecule has 1 saturated heterocycles. The predicted octanol–water partition coefficient (Wildman–Crippen LogP) is 2.65. The summed E-state index contributed by atoms with van der Waals surface area (Å²) in [5.74, 6) is 0.651. The van der Waals surface area contributed by atoms with Gasteiger partial charge in [-0.05, 0) is 38.0 Å². The molecule has 0 spiro atoms. The highest BCUT2D eigenvalue weighted by Crippen LogP contribution is 2.28. The topological polar surface area (TPSA) is 49.0 Å². The van der Waals surface area contributed by atoms with E-state index in [9.17, 15) is 4.79 Å². The lowest BCUT2D eigenvalue weighted by atomic mass is 10.0. The number of aryl methyl sites for hydroxylation is 2. The number of aromatic amines is 1. The minimum atomic E-state index is 0.242. The highest BCUT2D eigenvalue weighted by atomic mass is 32.1. The van der Waals surface area contributed by atoms with Gasteiger partial charge in [-0.1, -0.05) is 0 Å². The first-order valence-electron chi connectivity index (χ1n) is 6.96. The van der Waals surface area contributed by atoms with E-state index in [2.05, 4.69) is 36.2 Å². The van der Waals surface area contributed by atoms with E-state index in [0.717, 1.165) is 24.4 Å². The third-order valence-electron chi connectivity index (χ3n) is 3.94. The van der Waals surface area contributed by atoms with Crippen LogP contribution in [0.2, 0.25) is 0 Å². The van der Waals surface area contributed by atoms with Crippen LogP contribution < -0.4 is 0 Å². The second kappa shape index (κ2) is 5.40. The van der Waals surface area contributed by atoms with Crippen molar-refractivity contribution in [3.05, 3.63) is 39.3 Å². The molecule has 0 unspecified atom stereocenters. The van der Waals surface area contributed by atoms with Crippen LogP contribution >= 0.6 is 11.3 Å². The molecule has 1 atom stereocenters. The first-order valence-corrected chi connectivity index (χ1v) is 7.78. The van der Waals surface area contributed by atoms with E-state index in [0.29, 0.717) is 12.3 Å². The zero-order chi connectivity index (χ0) is 14.1. The summed E-state index contributed by atoms with van der Waals surface area (Å²) in [5.41, 5.74) is 2.38. The van der Waals surface area contributed by atoms with Crippen molar-refractivity contribution in [3.63, 3.8) is 0 Å². The van der Waals surface area contributed by atoms with Gasteiger partial charge in [0.05, 0.1) is 12.6 Å². The average molecular weight is 289 g/mol. The van der Waals surface area contributed by atoms with Crippen molar-refractivity contribution in [2.75, 3.05) is 13.1 Å². The van der Waals surface area contributed by atoms with E-state index in [-0.39, 0.29) is 5.91 Å². The Morgan fingerprint density at radius 2 is 2.35 bits per heavy atom. The van der Waals surface area contributed by atoms with Gasteiger partial charge in [0.25, 0.3) is 0 Å². The van der Waals surface area contributed by atoms with Crippen LogP contribution in [0, 0.1) is 13.8 Å². The molecule has 1 N–H and O–H groups in total. The second-order valence-electron chi connectivity index (χ2n) is 5.48. The van der Waals surface area contributed by atoms with E-state index in [4.69, 9.17) is 0 Å². The van der Waals surface area contributed by atoms with Gasteiger partial charge < -0.3 is 4.90 Å². The minimum Gasteiger partial charge on any atom is -0.342 e. The SMILES string of the molecule is Cc1ccc(CC(=O)N2CC[C@H](c3[nH]ncc3C)C2)s1. The Hall–Kier alpha value is -1.62. The van der Waals surface area contributed by atoms with Gasteiger partial charge in [0, 0.05) is 34.5 Å². The molecular formula is C15H19N3OS. The molecule has 0 aliphatic carbocycles. The minimum absolute atomic E-state index is 0.242. The smallest absolute Gasteiger partial charge is 0.227 e. The lowest BCUT2D eigenvalue weighted by Gasteiger charge is -2.16. The molecule has 2 aromatic rings. The number of likely N-dealkylation sites (tertiary alicyclic amines) is 1. The highest BCUT2D eigenvalue weighted by Gasteiger charge is 2.29. The van der Waals surface area contributed by atoms with Crippen molar-refractivity contribution in [2.24, 2.45) is 0 Å². The summed E-state index contributed by atoms with van der Waals surface area (Å²) in [6.07, 6.45) is 3.42. The molecule has 0 aromatic carbocycles. The second-order valence-corrected chi connectivity index (χ2v) is 6.85. The molecule has 1 aliphatic rings. The number of carbonyl (C=O) groups excluding carboxylic acids is 1. The number of rotatable bonds is 3. The Kier molecular flexibility index (Phi) is 3.61. The van der Waals surface area contributed by atoms with Crippen LogP contribution in [0.4, 0.5) is 0 Å². The normalized spacial score (nSPS) is 18.7. The van der Waals surface area contributed by atoms with Crippen LogP contribution in [0.25, 0.3) is 0 Å². The third kappa shape index (κ3) is 2.63. The Bertz CT molecular complexity index is 616. The maximum absolute atomic E-state index is 12.3. The summed E-state index contributed by atoms with van der Waals surface area (Å²) in [7, 11) is 0. The van der Waals surface area contributed by atoms with Crippen LogP contribution in [0.1, 0.15) is 33.4 Å². The molecule has 2 aromatic heterocycles. The molecular weight excluding hydrogens is 270 g/mol. The number of nitrogens with one attached hydrogen (secondary N) is 1. The number of hydrogen-bond donors (Lipinski definition) is 1. The number of carbonyl (C=O) groups is 1. The summed E-state index contributed by atoms with van der Waals surface area (Å²) >= 11 is 1.71. The molecule has 0 radical (unpaired) electrons. The van der Waals surface area contributed by atoms with E-state index in [1.165, 1.54) is 16.1 Å². The lowest BCUT2D eigenvalue weighted by molar-refractivity contribution is -0.129. The molecule has 106 valence electrons. The Morgan fingerprint density at radius 3 is 3.00 bits per heavy atom. The quantitative estimate of drug-likeness (QED) is 0.944. The summed E-state index contributed by atoms with van der Waals surface area (Å²) < 4.78 is 0. The molecule has 3 rings (SSSR count). The zero-order valence-electron chi connectivity index (χ0n) is 11.8. The van der Waals surface area contributed by atoms with Gasteiger partial charge in [-0.3, -0.25) is 9.89 Å². The van der Waals surface area contributed by atoms with Gasteiger partial charge in [0.2, 0.25) is 5.91 Å². The first kappa shape index (κ1) is 13.4. The molecule has 3 heterocycles. The Labute approximate surface area is 122 Å². The first-order chi connectivity index (χ1) is 9.63. The monoisotopic (exact) mass is 289 g/mol. The molecule has 0 saturated carbocycles. The molecule has 4 nitrogen and oxygen atoms in total. The number of aromatic nitrogens is 2. The molecule has 1 amide bonds. The van der Waals surface area contributed by atoms with Crippen LogP contribution in [0.3, 0.4) is 0 Å². The fraction of sp³-hybridized carbons (Fsp3) is 0.467. The predicted molar refractivity (Wildman–Crippen MR) is 80.0 cm³/mol. The van der Waals surface area contributed by atoms with Gasteiger partial charge in [-0.15, -0.1) is 11.3 Å². The molecule has 5 heteroatoms. The maximum Gasteiger partial charge on any atom is 0.227 e. The fourth-order valence-corrected chi connectivity index (χ4v) is 3.71. The van der Waals surface area contributed by atoms with Crippen LogP contribution in [0.5, 0.6) is 0 Å². The average Bonchev–Trinajstić information content (AvgIpc) is 3.10. The van der Waals surface area contributed by atoms with Gasteiger partial charge in [0.1, 0.15) is 0 Å². The van der Waals surface area contributed by atoms with Crippen LogP contribution in [0.15, 0.2) is 18.3 Å². The van der Waals surface area contributed by atoms with E-state index >= 15 is 0 Å². The van der Waals surface area contributed by atoms with Crippen molar-refractivity contribution in [1.29, 1.82) is 0 Å². The van der Waals surface area contributed by atoms with Crippen molar-refractivity contribution in [3.8, 4) is 0 Å². The standard InChI is InChI=1S/C15H19N3OS/c1-10-8-16-17-15(10)12-5-6-18(9-12)14(19)7-13-4-3-11(2)20-13/h3-4,8,12H,5-7,9H2,1-2H3,(H,16,17)/t12-/m0/s1.